The first-order valence-corrected chi connectivity index (χ1v) is 6.24. The summed E-state index contributed by atoms with van der Waals surface area (Å²) in [7, 11) is 0. The van der Waals surface area contributed by atoms with Crippen molar-refractivity contribution >= 4 is 5.82 Å². The van der Waals surface area contributed by atoms with Gasteiger partial charge >= 0.3 is 0 Å². The van der Waals surface area contributed by atoms with Crippen LogP contribution in [-0.2, 0) is 11.8 Å². The molecule has 0 saturated carbocycles. The fraction of sp³-hybridized carbons (Fsp3) is 0.357. The summed E-state index contributed by atoms with van der Waals surface area (Å²) in [5.74, 6) is 6.82. The van der Waals surface area contributed by atoms with Crippen LogP contribution in [0.2, 0.25) is 0 Å². The number of pyridine rings is 1. The predicted molar refractivity (Wildman–Crippen MR) is 75.6 cm³/mol. The summed E-state index contributed by atoms with van der Waals surface area (Å²) in [6, 6.07) is 7.69. The van der Waals surface area contributed by atoms with Crippen LogP contribution in [0.3, 0.4) is 0 Å². The smallest absolute Gasteiger partial charge is 0.143 e. The minimum atomic E-state index is -0.0482. The molecule has 0 aliphatic heterocycles. The number of rotatable bonds is 3. The van der Waals surface area contributed by atoms with Crippen molar-refractivity contribution in [3.63, 3.8) is 0 Å². The van der Waals surface area contributed by atoms with Gasteiger partial charge in [0.1, 0.15) is 11.6 Å². The zero-order valence-electron chi connectivity index (χ0n) is 11.5. The molecule has 0 atom stereocenters. The van der Waals surface area contributed by atoms with E-state index < -0.39 is 0 Å². The van der Waals surface area contributed by atoms with Gasteiger partial charge in [-0.05, 0) is 12.1 Å². The minimum Gasteiger partial charge on any atom is -0.308 e. The van der Waals surface area contributed by atoms with Gasteiger partial charge in [0.2, 0.25) is 0 Å². The van der Waals surface area contributed by atoms with Crippen LogP contribution in [0.1, 0.15) is 38.0 Å². The standard InChI is InChI=1S/C14H19N5/c1-14(2,3)11-9-13(19-15)18-12(17-11)8-10-6-4-5-7-16-10/h4-7,9H,8,15H2,1-3H3,(H,17,18,19). The predicted octanol–water partition coefficient (Wildman–Crippen LogP) is 2.05. The van der Waals surface area contributed by atoms with Gasteiger partial charge < -0.3 is 5.43 Å². The van der Waals surface area contributed by atoms with Crippen LogP contribution in [0.4, 0.5) is 5.82 Å². The summed E-state index contributed by atoms with van der Waals surface area (Å²) in [4.78, 5) is 13.3. The number of nitrogens with zero attached hydrogens (tertiary/aromatic N) is 3. The van der Waals surface area contributed by atoms with Gasteiger partial charge in [-0.25, -0.2) is 15.8 Å². The van der Waals surface area contributed by atoms with Crippen molar-refractivity contribution in [1.29, 1.82) is 0 Å². The van der Waals surface area contributed by atoms with E-state index in [9.17, 15) is 0 Å². The average molecular weight is 257 g/mol. The molecule has 0 radical (unpaired) electrons. The highest BCUT2D eigenvalue weighted by atomic mass is 15.3. The van der Waals surface area contributed by atoms with Crippen LogP contribution in [0, 0.1) is 0 Å². The molecular weight excluding hydrogens is 238 g/mol. The Hall–Kier alpha value is -2.01. The first-order chi connectivity index (χ1) is 8.99. The number of hydrogen-bond acceptors (Lipinski definition) is 5. The van der Waals surface area contributed by atoms with Crippen molar-refractivity contribution in [3.05, 3.63) is 47.7 Å². The van der Waals surface area contributed by atoms with Crippen LogP contribution in [0.25, 0.3) is 0 Å². The quantitative estimate of drug-likeness (QED) is 0.650. The monoisotopic (exact) mass is 257 g/mol. The summed E-state index contributed by atoms with van der Waals surface area (Å²) in [6.45, 7) is 6.33. The Morgan fingerprint density at radius 1 is 1.21 bits per heavy atom. The minimum absolute atomic E-state index is 0.0482. The number of hydrogen-bond donors (Lipinski definition) is 2. The fourth-order valence-electron chi connectivity index (χ4n) is 1.70. The SMILES string of the molecule is CC(C)(C)c1cc(NN)nc(Cc2ccccn2)n1. The van der Waals surface area contributed by atoms with Crippen LogP contribution in [0.5, 0.6) is 0 Å². The van der Waals surface area contributed by atoms with E-state index >= 15 is 0 Å². The first-order valence-electron chi connectivity index (χ1n) is 6.24. The van der Waals surface area contributed by atoms with Crippen LogP contribution in [0.15, 0.2) is 30.5 Å². The molecule has 0 spiro atoms. The molecule has 2 rings (SSSR count). The number of anilines is 1. The lowest BCUT2D eigenvalue weighted by Gasteiger charge is -2.19. The molecule has 0 aliphatic carbocycles. The number of nitrogen functional groups attached to an aromatic ring is 1. The van der Waals surface area contributed by atoms with E-state index in [-0.39, 0.29) is 5.41 Å². The van der Waals surface area contributed by atoms with E-state index in [0.717, 1.165) is 17.2 Å². The highest BCUT2D eigenvalue weighted by Crippen LogP contribution is 2.22. The second kappa shape index (κ2) is 5.32. The number of nitrogens with two attached hydrogens (primary N) is 1. The molecule has 0 saturated heterocycles. The third-order valence-electron chi connectivity index (χ3n) is 2.75. The summed E-state index contributed by atoms with van der Waals surface area (Å²) < 4.78 is 0. The molecule has 2 aromatic heterocycles. The van der Waals surface area contributed by atoms with Gasteiger partial charge in [-0.2, -0.15) is 0 Å². The summed E-state index contributed by atoms with van der Waals surface area (Å²) >= 11 is 0. The topological polar surface area (TPSA) is 76.7 Å². The van der Waals surface area contributed by atoms with Crippen LogP contribution < -0.4 is 11.3 Å². The van der Waals surface area contributed by atoms with E-state index in [2.05, 4.69) is 41.1 Å². The van der Waals surface area contributed by atoms with Gasteiger partial charge in [-0.1, -0.05) is 26.8 Å². The zero-order valence-corrected chi connectivity index (χ0v) is 11.5. The van der Waals surface area contributed by atoms with Crippen LogP contribution >= 0.6 is 0 Å². The maximum Gasteiger partial charge on any atom is 0.143 e. The number of aromatic nitrogens is 3. The highest BCUT2D eigenvalue weighted by molar-refractivity contribution is 5.37. The van der Waals surface area contributed by atoms with Gasteiger partial charge in [0.25, 0.3) is 0 Å². The molecule has 3 N–H and O–H groups in total. The van der Waals surface area contributed by atoms with Crippen LogP contribution in [-0.4, -0.2) is 15.0 Å². The molecule has 100 valence electrons. The number of hydrazine groups is 1. The molecule has 2 aromatic rings. The molecule has 0 fully saturated rings. The number of nitrogens with one attached hydrogen (secondary N) is 1. The lowest BCUT2D eigenvalue weighted by Crippen LogP contribution is -2.18. The van der Waals surface area contributed by atoms with Gasteiger partial charge in [0, 0.05) is 23.4 Å². The van der Waals surface area contributed by atoms with Crippen molar-refractivity contribution in [2.24, 2.45) is 5.84 Å². The van der Waals surface area contributed by atoms with E-state index in [1.54, 1.807) is 6.20 Å². The molecule has 0 amide bonds. The molecule has 0 aliphatic rings. The second-order valence-corrected chi connectivity index (χ2v) is 5.45. The van der Waals surface area contributed by atoms with E-state index in [1.807, 2.05) is 24.3 Å². The first kappa shape index (κ1) is 13.4. The Morgan fingerprint density at radius 2 is 2.00 bits per heavy atom. The zero-order chi connectivity index (χ0) is 13.9. The molecule has 2 heterocycles. The molecule has 5 heteroatoms. The van der Waals surface area contributed by atoms with Crippen molar-refractivity contribution in [2.45, 2.75) is 32.6 Å². The molecular formula is C14H19N5. The molecule has 0 bridgehead atoms. The Labute approximate surface area is 113 Å². The van der Waals surface area contributed by atoms with Crippen molar-refractivity contribution in [2.75, 3.05) is 5.43 Å². The molecule has 0 unspecified atom stereocenters. The molecule has 0 aromatic carbocycles. The average Bonchev–Trinajstić information content (AvgIpc) is 2.38. The van der Waals surface area contributed by atoms with Gasteiger partial charge in [0.05, 0.1) is 12.1 Å². The lowest BCUT2D eigenvalue weighted by molar-refractivity contribution is 0.563. The van der Waals surface area contributed by atoms with Gasteiger partial charge in [-0.3, -0.25) is 4.98 Å². The summed E-state index contributed by atoms with van der Waals surface area (Å²) in [6.07, 6.45) is 2.37. The third kappa shape index (κ3) is 3.48. The summed E-state index contributed by atoms with van der Waals surface area (Å²) in [5, 5.41) is 0. The maximum absolute atomic E-state index is 5.47. The summed E-state index contributed by atoms with van der Waals surface area (Å²) in [5.41, 5.74) is 4.45. The Kier molecular flexibility index (Phi) is 3.76. The van der Waals surface area contributed by atoms with Gasteiger partial charge in [0.15, 0.2) is 0 Å². The lowest BCUT2D eigenvalue weighted by atomic mass is 9.92. The Bertz CT molecular complexity index is 546. The Morgan fingerprint density at radius 3 is 2.58 bits per heavy atom. The molecule has 19 heavy (non-hydrogen) atoms. The highest BCUT2D eigenvalue weighted by Gasteiger charge is 2.18. The molecule has 5 nitrogen and oxygen atoms in total. The fourth-order valence-corrected chi connectivity index (χ4v) is 1.70. The second-order valence-electron chi connectivity index (χ2n) is 5.45. The maximum atomic E-state index is 5.47. The largest absolute Gasteiger partial charge is 0.308 e. The van der Waals surface area contributed by atoms with Crippen molar-refractivity contribution in [1.82, 2.24) is 15.0 Å². The van der Waals surface area contributed by atoms with E-state index in [0.29, 0.717) is 12.2 Å². The van der Waals surface area contributed by atoms with E-state index in [1.165, 1.54) is 0 Å². The van der Waals surface area contributed by atoms with E-state index in [4.69, 9.17) is 5.84 Å². The van der Waals surface area contributed by atoms with Crippen molar-refractivity contribution < 1.29 is 0 Å². The normalized spacial score (nSPS) is 11.4. The Balaban J connectivity index is 2.35. The van der Waals surface area contributed by atoms with Gasteiger partial charge in [-0.15, -0.1) is 0 Å². The third-order valence-corrected chi connectivity index (χ3v) is 2.75. The van der Waals surface area contributed by atoms with Crippen molar-refractivity contribution in [3.8, 4) is 0 Å².